The lowest BCUT2D eigenvalue weighted by Crippen LogP contribution is -2.01. The standard InChI is InChI=1S/C13H14ClN3S2/c1-3-15-11-8-12(17-13(16-11)18-2)19-10-6-4-5-9(14)7-10/h4-8H,3H2,1-2H3,(H,15,16,17). The van der Waals surface area contributed by atoms with Crippen molar-refractivity contribution in [1.29, 1.82) is 0 Å². The van der Waals surface area contributed by atoms with E-state index >= 15 is 0 Å². The molecule has 1 aromatic carbocycles. The monoisotopic (exact) mass is 311 g/mol. The van der Waals surface area contributed by atoms with Crippen LogP contribution >= 0.6 is 35.1 Å². The molecule has 0 fully saturated rings. The number of thioether (sulfide) groups is 1. The summed E-state index contributed by atoms with van der Waals surface area (Å²) in [4.78, 5) is 9.96. The predicted molar refractivity (Wildman–Crippen MR) is 83.6 cm³/mol. The molecule has 2 aromatic rings. The molecule has 1 aromatic heterocycles. The maximum atomic E-state index is 5.99. The topological polar surface area (TPSA) is 37.8 Å². The summed E-state index contributed by atoms with van der Waals surface area (Å²) in [6.07, 6.45) is 1.97. The summed E-state index contributed by atoms with van der Waals surface area (Å²) in [6, 6.07) is 9.70. The van der Waals surface area contributed by atoms with Gasteiger partial charge in [-0.3, -0.25) is 0 Å². The molecular weight excluding hydrogens is 298 g/mol. The highest BCUT2D eigenvalue weighted by Crippen LogP contribution is 2.30. The zero-order valence-corrected chi connectivity index (χ0v) is 13.1. The van der Waals surface area contributed by atoms with Gasteiger partial charge in [0.15, 0.2) is 5.16 Å². The summed E-state index contributed by atoms with van der Waals surface area (Å²) in [5, 5.41) is 5.63. The van der Waals surface area contributed by atoms with Crippen molar-refractivity contribution in [1.82, 2.24) is 9.97 Å². The molecule has 0 aliphatic carbocycles. The predicted octanol–water partition coefficient (Wildman–Crippen LogP) is 4.43. The zero-order valence-electron chi connectivity index (χ0n) is 10.7. The maximum absolute atomic E-state index is 5.99. The first-order valence-electron chi connectivity index (χ1n) is 5.81. The lowest BCUT2D eigenvalue weighted by atomic mass is 10.4. The summed E-state index contributed by atoms with van der Waals surface area (Å²) >= 11 is 9.11. The van der Waals surface area contributed by atoms with E-state index in [0.717, 1.165) is 32.5 Å². The van der Waals surface area contributed by atoms with Gasteiger partial charge in [-0.1, -0.05) is 41.2 Å². The molecule has 0 bridgehead atoms. The molecule has 0 radical (unpaired) electrons. The van der Waals surface area contributed by atoms with E-state index in [-0.39, 0.29) is 0 Å². The molecule has 0 aliphatic heterocycles. The van der Waals surface area contributed by atoms with Gasteiger partial charge < -0.3 is 5.32 Å². The molecule has 2 rings (SSSR count). The number of nitrogens with zero attached hydrogens (tertiary/aromatic N) is 2. The first kappa shape index (κ1) is 14.5. The van der Waals surface area contributed by atoms with Crippen LogP contribution in [0.25, 0.3) is 0 Å². The van der Waals surface area contributed by atoms with Crippen LogP contribution in [-0.4, -0.2) is 22.8 Å². The number of rotatable bonds is 5. The van der Waals surface area contributed by atoms with Gasteiger partial charge in [0.2, 0.25) is 0 Å². The van der Waals surface area contributed by atoms with E-state index in [9.17, 15) is 0 Å². The van der Waals surface area contributed by atoms with Crippen LogP contribution in [0.4, 0.5) is 5.82 Å². The minimum Gasteiger partial charge on any atom is -0.370 e. The molecule has 0 saturated carbocycles. The molecule has 0 spiro atoms. The number of aromatic nitrogens is 2. The number of halogens is 1. The number of hydrogen-bond acceptors (Lipinski definition) is 5. The first-order chi connectivity index (χ1) is 9.21. The second-order valence-electron chi connectivity index (χ2n) is 3.67. The van der Waals surface area contributed by atoms with Crippen LogP contribution in [-0.2, 0) is 0 Å². The number of benzene rings is 1. The van der Waals surface area contributed by atoms with Crippen LogP contribution in [0, 0.1) is 0 Å². The highest BCUT2D eigenvalue weighted by Gasteiger charge is 2.05. The highest BCUT2D eigenvalue weighted by molar-refractivity contribution is 7.99. The van der Waals surface area contributed by atoms with E-state index in [0.29, 0.717) is 0 Å². The molecule has 19 heavy (non-hydrogen) atoms. The lowest BCUT2D eigenvalue weighted by Gasteiger charge is -2.07. The molecule has 3 nitrogen and oxygen atoms in total. The Morgan fingerprint density at radius 2 is 2.11 bits per heavy atom. The molecule has 0 saturated heterocycles. The number of hydrogen-bond donors (Lipinski definition) is 1. The van der Waals surface area contributed by atoms with Gasteiger partial charge in [0.05, 0.1) is 0 Å². The fourth-order valence-electron chi connectivity index (χ4n) is 1.47. The average Bonchev–Trinajstić information content (AvgIpc) is 2.39. The van der Waals surface area contributed by atoms with Gasteiger partial charge in [0.25, 0.3) is 0 Å². The van der Waals surface area contributed by atoms with E-state index in [1.807, 2.05) is 43.5 Å². The van der Waals surface area contributed by atoms with Gasteiger partial charge in [0, 0.05) is 22.5 Å². The second kappa shape index (κ2) is 7.03. The van der Waals surface area contributed by atoms with Crippen LogP contribution in [0.15, 0.2) is 45.4 Å². The van der Waals surface area contributed by atoms with Crippen LogP contribution in [0.5, 0.6) is 0 Å². The summed E-state index contributed by atoms with van der Waals surface area (Å²) in [6.45, 7) is 2.89. The van der Waals surface area contributed by atoms with Crippen molar-refractivity contribution in [2.75, 3.05) is 18.1 Å². The third-order valence-electron chi connectivity index (χ3n) is 2.24. The second-order valence-corrected chi connectivity index (χ2v) is 5.97. The Hall–Kier alpha value is -0.910. The van der Waals surface area contributed by atoms with Gasteiger partial charge in [0.1, 0.15) is 10.8 Å². The Morgan fingerprint density at radius 3 is 2.79 bits per heavy atom. The Balaban J connectivity index is 2.26. The van der Waals surface area contributed by atoms with Crippen molar-refractivity contribution in [2.45, 2.75) is 22.0 Å². The fourth-order valence-corrected chi connectivity index (χ4v) is 3.04. The summed E-state index contributed by atoms with van der Waals surface area (Å²) in [5.41, 5.74) is 0. The molecule has 0 unspecified atom stereocenters. The molecule has 1 heterocycles. The van der Waals surface area contributed by atoms with Crippen LogP contribution < -0.4 is 5.32 Å². The Kier molecular flexibility index (Phi) is 5.36. The van der Waals surface area contributed by atoms with Crippen molar-refractivity contribution in [3.63, 3.8) is 0 Å². The fraction of sp³-hybridized carbons (Fsp3) is 0.231. The summed E-state index contributed by atoms with van der Waals surface area (Å²) in [5.74, 6) is 0.853. The summed E-state index contributed by atoms with van der Waals surface area (Å²) < 4.78 is 0. The SMILES string of the molecule is CCNc1cc(Sc2cccc(Cl)c2)nc(SC)n1. The molecule has 0 atom stereocenters. The van der Waals surface area contributed by atoms with Crippen molar-refractivity contribution < 1.29 is 0 Å². The Labute approximate surface area is 126 Å². The van der Waals surface area contributed by atoms with Gasteiger partial charge >= 0.3 is 0 Å². The van der Waals surface area contributed by atoms with Gasteiger partial charge in [-0.05, 0) is 31.4 Å². The number of nitrogens with one attached hydrogen (secondary N) is 1. The number of anilines is 1. The van der Waals surface area contributed by atoms with E-state index in [4.69, 9.17) is 11.6 Å². The van der Waals surface area contributed by atoms with Crippen molar-refractivity contribution in [3.8, 4) is 0 Å². The maximum Gasteiger partial charge on any atom is 0.190 e. The summed E-state index contributed by atoms with van der Waals surface area (Å²) in [7, 11) is 0. The lowest BCUT2D eigenvalue weighted by molar-refractivity contribution is 0.891. The van der Waals surface area contributed by atoms with E-state index in [1.165, 1.54) is 11.8 Å². The average molecular weight is 312 g/mol. The van der Waals surface area contributed by atoms with Crippen LogP contribution in [0.2, 0.25) is 5.02 Å². The molecule has 0 amide bonds. The van der Waals surface area contributed by atoms with Crippen molar-refractivity contribution in [2.24, 2.45) is 0 Å². The van der Waals surface area contributed by atoms with E-state index in [1.54, 1.807) is 11.8 Å². The van der Waals surface area contributed by atoms with E-state index < -0.39 is 0 Å². The highest BCUT2D eigenvalue weighted by atomic mass is 35.5. The Morgan fingerprint density at radius 1 is 1.26 bits per heavy atom. The van der Waals surface area contributed by atoms with E-state index in [2.05, 4.69) is 15.3 Å². The van der Waals surface area contributed by atoms with Gasteiger partial charge in [-0.25, -0.2) is 9.97 Å². The van der Waals surface area contributed by atoms with Gasteiger partial charge in [-0.15, -0.1) is 0 Å². The smallest absolute Gasteiger partial charge is 0.190 e. The van der Waals surface area contributed by atoms with Crippen molar-refractivity contribution in [3.05, 3.63) is 35.4 Å². The Bertz CT molecular complexity index is 563. The molecule has 1 N–H and O–H groups in total. The minimum absolute atomic E-state index is 0.732. The van der Waals surface area contributed by atoms with Crippen LogP contribution in [0.3, 0.4) is 0 Å². The first-order valence-corrected chi connectivity index (χ1v) is 8.23. The van der Waals surface area contributed by atoms with Gasteiger partial charge in [-0.2, -0.15) is 0 Å². The third-order valence-corrected chi connectivity index (χ3v) is 3.93. The largest absolute Gasteiger partial charge is 0.370 e. The molecule has 100 valence electrons. The quantitative estimate of drug-likeness (QED) is 0.502. The molecular formula is C13H14ClN3S2. The molecule has 0 aliphatic rings. The van der Waals surface area contributed by atoms with Crippen molar-refractivity contribution >= 4 is 40.9 Å². The van der Waals surface area contributed by atoms with Crippen LogP contribution in [0.1, 0.15) is 6.92 Å². The minimum atomic E-state index is 0.732. The normalized spacial score (nSPS) is 10.5. The zero-order chi connectivity index (χ0) is 13.7. The molecule has 6 heteroatoms. The third kappa shape index (κ3) is 4.30.